The molecule has 0 radical (unpaired) electrons. The van der Waals surface area contributed by atoms with Crippen LogP contribution in [-0.4, -0.2) is 10.1 Å². The van der Waals surface area contributed by atoms with Crippen LogP contribution in [0.1, 0.15) is 17.2 Å². The van der Waals surface area contributed by atoms with E-state index < -0.39 is 23.5 Å². The number of aromatic nitrogens is 2. The Morgan fingerprint density at radius 1 is 1.00 bits per heavy atom. The molecule has 2 heterocycles. The zero-order valence-corrected chi connectivity index (χ0v) is 15.8. The Balaban J connectivity index is 2.00. The average Bonchev–Trinajstić information content (AvgIpc) is 3.14. The molecule has 4 rings (SSSR count). The molecule has 0 fully saturated rings. The van der Waals surface area contributed by atoms with E-state index >= 15 is 0 Å². The number of nitroso groups, excluding NO2 is 1. The maximum atomic E-state index is 14.6. The molecule has 2 aromatic heterocycles. The van der Waals surface area contributed by atoms with Crippen molar-refractivity contribution < 1.29 is 17.7 Å². The van der Waals surface area contributed by atoms with Crippen LogP contribution in [0.25, 0.3) is 22.6 Å². The van der Waals surface area contributed by atoms with E-state index in [2.05, 4.69) is 15.3 Å². The first-order valence-corrected chi connectivity index (χ1v) is 9.00. The quantitative estimate of drug-likeness (QED) is 0.347. The Morgan fingerprint density at radius 3 is 2.43 bits per heavy atom. The molecule has 0 saturated heterocycles. The lowest BCUT2D eigenvalue weighted by molar-refractivity contribution is 0.430. The first kappa shape index (κ1) is 19.8. The Morgan fingerprint density at radius 2 is 1.77 bits per heavy atom. The summed E-state index contributed by atoms with van der Waals surface area (Å²) in [5, 5.41) is 7.16. The van der Waals surface area contributed by atoms with E-state index in [1.807, 2.05) is 0 Å². The van der Waals surface area contributed by atoms with E-state index in [0.29, 0.717) is 11.6 Å². The molecule has 0 aliphatic carbocycles. The monoisotopic (exact) mass is 429 g/mol. The minimum atomic E-state index is -1.24. The highest BCUT2D eigenvalue weighted by Gasteiger charge is 2.31. The lowest BCUT2D eigenvalue weighted by Gasteiger charge is -2.12. The van der Waals surface area contributed by atoms with Crippen LogP contribution in [0.3, 0.4) is 0 Å². The van der Waals surface area contributed by atoms with Crippen molar-refractivity contribution in [2.75, 3.05) is 0 Å². The maximum Gasteiger partial charge on any atom is 0.176 e. The number of halogens is 4. The third kappa shape index (κ3) is 3.57. The molecule has 0 bridgehead atoms. The summed E-state index contributed by atoms with van der Waals surface area (Å²) in [6.07, 6.45) is 2.89. The van der Waals surface area contributed by atoms with Crippen molar-refractivity contribution >= 4 is 11.6 Å². The zero-order valence-electron chi connectivity index (χ0n) is 15.0. The normalized spacial score (nSPS) is 12.0. The Kier molecular flexibility index (Phi) is 5.33. The maximum absolute atomic E-state index is 14.6. The fraction of sp³-hybridized carbons (Fsp3) is 0.0476. The van der Waals surface area contributed by atoms with Crippen molar-refractivity contribution in [2.45, 2.75) is 6.04 Å². The molecule has 9 heteroatoms. The summed E-state index contributed by atoms with van der Waals surface area (Å²) in [7, 11) is 0. The summed E-state index contributed by atoms with van der Waals surface area (Å²) >= 11 is 5.82. The molecule has 0 saturated carbocycles. The van der Waals surface area contributed by atoms with Gasteiger partial charge in [0.25, 0.3) is 0 Å². The van der Waals surface area contributed by atoms with Gasteiger partial charge in [-0.05, 0) is 36.4 Å². The van der Waals surface area contributed by atoms with E-state index in [-0.39, 0.29) is 33.2 Å². The molecule has 1 atom stereocenters. The van der Waals surface area contributed by atoms with Gasteiger partial charge in [-0.15, -0.1) is 4.91 Å². The molecule has 30 heavy (non-hydrogen) atoms. The van der Waals surface area contributed by atoms with Gasteiger partial charge < -0.3 is 4.52 Å². The summed E-state index contributed by atoms with van der Waals surface area (Å²) in [4.78, 5) is 15.8. The highest BCUT2D eigenvalue weighted by molar-refractivity contribution is 6.30. The van der Waals surface area contributed by atoms with Gasteiger partial charge in [0, 0.05) is 34.6 Å². The van der Waals surface area contributed by atoms with E-state index in [1.165, 1.54) is 24.5 Å². The number of hydrogen-bond acceptors (Lipinski definition) is 5. The molecular formula is C21H11ClF3N3O2. The first-order chi connectivity index (χ1) is 14.5. The van der Waals surface area contributed by atoms with E-state index in [1.54, 1.807) is 12.1 Å². The predicted octanol–water partition coefficient (Wildman–Crippen LogP) is 6.33. The molecular weight excluding hydrogens is 419 g/mol. The van der Waals surface area contributed by atoms with Gasteiger partial charge in [-0.2, -0.15) is 0 Å². The fourth-order valence-corrected chi connectivity index (χ4v) is 3.27. The lowest BCUT2D eigenvalue weighted by atomic mass is 9.93. The lowest BCUT2D eigenvalue weighted by Crippen LogP contribution is -2.02. The number of benzene rings is 2. The number of hydrogen-bond donors (Lipinski definition) is 0. The molecule has 0 N–H and O–H groups in total. The number of pyridine rings is 1. The standard InChI is InChI=1S/C21H11ClF3N3O2/c22-12-3-5-14(16(24)8-12)20-18(19(27-29)11-2-1-7-26-10-11)21(30-28-20)15-6-4-13(23)9-17(15)25/h1-10,19H. The van der Waals surface area contributed by atoms with Crippen molar-refractivity contribution in [3.63, 3.8) is 0 Å². The van der Waals surface area contributed by atoms with Crippen LogP contribution in [0.2, 0.25) is 5.02 Å². The molecule has 4 aromatic rings. The van der Waals surface area contributed by atoms with Crippen molar-refractivity contribution in [3.05, 3.63) is 99.4 Å². The summed E-state index contributed by atoms with van der Waals surface area (Å²) in [5.41, 5.74) is 0.137. The van der Waals surface area contributed by atoms with Gasteiger partial charge in [-0.25, -0.2) is 13.2 Å². The molecule has 1 unspecified atom stereocenters. The van der Waals surface area contributed by atoms with Crippen LogP contribution in [0.4, 0.5) is 13.2 Å². The second-order valence-corrected chi connectivity index (χ2v) is 6.75. The summed E-state index contributed by atoms with van der Waals surface area (Å²) in [5.74, 6) is -2.63. The van der Waals surface area contributed by atoms with Crippen LogP contribution < -0.4 is 0 Å². The predicted molar refractivity (Wildman–Crippen MR) is 104 cm³/mol. The van der Waals surface area contributed by atoms with E-state index in [9.17, 15) is 18.1 Å². The Hall–Kier alpha value is -3.52. The Labute approximate surface area is 173 Å². The van der Waals surface area contributed by atoms with Crippen LogP contribution in [0, 0.1) is 22.4 Å². The summed E-state index contributed by atoms with van der Waals surface area (Å²) < 4.78 is 47.8. The molecule has 0 spiro atoms. The van der Waals surface area contributed by atoms with E-state index in [4.69, 9.17) is 16.1 Å². The van der Waals surface area contributed by atoms with Crippen molar-refractivity contribution in [3.8, 4) is 22.6 Å². The van der Waals surface area contributed by atoms with Crippen LogP contribution in [0.5, 0.6) is 0 Å². The third-order valence-corrected chi connectivity index (χ3v) is 4.70. The van der Waals surface area contributed by atoms with Gasteiger partial charge in [0.1, 0.15) is 29.2 Å². The van der Waals surface area contributed by atoms with Gasteiger partial charge in [-0.1, -0.05) is 28.0 Å². The van der Waals surface area contributed by atoms with Gasteiger partial charge in [0.2, 0.25) is 0 Å². The molecule has 0 aliphatic rings. The summed E-state index contributed by atoms with van der Waals surface area (Å²) in [6.45, 7) is 0. The van der Waals surface area contributed by atoms with Gasteiger partial charge in [-0.3, -0.25) is 4.98 Å². The summed E-state index contributed by atoms with van der Waals surface area (Å²) in [6, 6.07) is 8.62. The third-order valence-electron chi connectivity index (χ3n) is 4.47. The molecule has 0 amide bonds. The minimum Gasteiger partial charge on any atom is -0.355 e. The number of nitrogens with zero attached hydrogens (tertiary/aromatic N) is 3. The fourth-order valence-electron chi connectivity index (χ4n) is 3.11. The minimum absolute atomic E-state index is 0.0183. The van der Waals surface area contributed by atoms with Crippen molar-refractivity contribution in [2.24, 2.45) is 5.18 Å². The number of rotatable bonds is 5. The first-order valence-electron chi connectivity index (χ1n) is 8.62. The molecule has 2 aromatic carbocycles. The highest BCUT2D eigenvalue weighted by atomic mass is 35.5. The van der Waals surface area contributed by atoms with E-state index in [0.717, 1.165) is 18.2 Å². The van der Waals surface area contributed by atoms with Gasteiger partial charge in [0.15, 0.2) is 5.76 Å². The molecule has 0 aliphatic heterocycles. The van der Waals surface area contributed by atoms with Crippen LogP contribution in [0.15, 0.2) is 70.6 Å². The van der Waals surface area contributed by atoms with Gasteiger partial charge in [0.05, 0.1) is 11.1 Å². The molecule has 5 nitrogen and oxygen atoms in total. The zero-order chi connectivity index (χ0) is 21.3. The SMILES string of the molecule is O=NC(c1cccnc1)c1c(-c2ccc(Cl)cc2F)noc1-c1ccc(F)cc1F. The highest BCUT2D eigenvalue weighted by Crippen LogP contribution is 2.42. The van der Waals surface area contributed by atoms with Crippen molar-refractivity contribution in [1.82, 2.24) is 10.1 Å². The largest absolute Gasteiger partial charge is 0.355 e. The molecule has 150 valence electrons. The smallest absolute Gasteiger partial charge is 0.176 e. The van der Waals surface area contributed by atoms with Crippen molar-refractivity contribution in [1.29, 1.82) is 0 Å². The topological polar surface area (TPSA) is 68.3 Å². The second kappa shape index (κ2) is 8.08. The van der Waals surface area contributed by atoms with Gasteiger partial charge >= 0.3 is 0 Å². The average molecular weight is 430 g/mol. The Bertz CT molecular complexity index is 1160. The van der Waals surface area contributed by atoms with Crippen LogP contribution >= 0.6 is 11.6 Å². The van der Waals surface area contributed by atoms with Crippen LogP contribution in [-0.2, 0) is 0 Å². The second-order valence-electron chi connectivity index (χ2n) is 6.32.